The van der Waals surface area contributed by atoms with Crippen molar-refractivity contribution in [3.63, 3.8) is 0 Å². The van der Waals surface area contributed by atoms with E-state index >= 15 is 0 Å². The SMILES string of the molecule is CC(C)COc1cc(C2=CC3(CCOC3)ON2)ccc1OC1CCCC1. The van der Waals surface area contributed by atoms with E-state index in [0.29, 0.717) is 25.2 Å². The van der Waals surface area contributed by atoms with E-state index in [4.69, 9.17) is 19.0 Å². The van der Waals surface area contributed by atoms with Gasteiger partial charge in [-0.15, -0.1) is 0 Å². The van der Waals surface area contributed by atoms with Gasteiger partial charge in [-0.2, -0.15) is 0 Å². The predicted octanol–water partition coefficient (Wildman–Crippen LogP) is 4.08. The highest BCUT2D eigenvalue weighted by molar-refractivity contribution is 5.68. The minimum absolute atomic E-state index is 0.313. The van der Waals surface area contributed by atoms with Crippen molar-refractivity contribution < 1.29 is 19.0 Å². The summed E-state index contributed by atoms with van der Waals surface area (Å²) in [5, 5.41) is 0. The number of benzene rings is 1. The molecule has 0 bridgehead atoms. The molecule has 1 unspecified atom stereocenters. The zero-order valence-electron chi connectivity index (χ0n) is 15.8. The first kappa shape index (κ1) is 17.7. The van der Waals surface area contributed by atoms with E-state index in [0.717, 1.165) is 48.6 Å². The molecule has 4 rings (SSSR count). The largest absolute Gasteiger partial charge is 0.489 e. The first-order chi connectivity index (χ1) is 12.6. The van der Waals surface area contributed by atoms with E-state index in [-0.39, 0.29) is 5.60 Å². The number of ether oxygens (including phenoxy) is 3. The van der Waals surface area contributed by atoms with Gasteiger partial charge in [0.2, 0.25) is 0 Å². The summed E-state index contributed by atoms with van der Waals surface area (Å²) in [6, 6.07) is 6.16. The summed E-state index contributed by atoms with van der Waals surface area (Å²) < 4.78 is 17.8. The van der Waals surface area contributed by atoms with Gasteiger partial charge in [0.1, 0.15) is 5.60 Å². The van der Waals surface area contributed by atoms with Gasteiger partial charge in [-0.1, -0.05) is 13.8 Å². The lowest BCUT2D eigenvalue weighted by Crippen LogP contribution is -2.29. The Hall–Kier alpha value is -1.72. The van der Waals surface area contributed by atoms with Crippen molar-refractivity contribution in [2.45, 2.75) is 57.7 Å². The normalized spacial score (nSPS) is 25.7. The van der Waals surface area contributed by atoms with E-state index < -0.39 is 0 Å². The standard InChI is InChI=1S/C21H29NO4/c1-15(2)13-24-20-11-16(7-8-19(20)25-17-5-3-4-6-17)18-12-21(26-22-18)9-10-23-14-21/h7-8,11-12,15,17,22H,3-6,9-10,13-14H2,1-2H3. The molecule has 1 aliphatic carbocycles. The van der Waals surface area contributed by atoms with Crippen molar-refractivity contribution in [1.29, 1.82) is 0 Å². The summed E-state index contributed by atoms with van der Waals surface area (Å²) in [5.74, 6) is 2.12. The van der Waals surface area contributed by atoms with Crippen LogP contribution >= 0.6 is 0 Å². The summed E-state index contributed by atoms with van der Waals surface area (Å²) in [4.78, 5) is 5.80. The van der Waals surface area contributed by atoms with Crippen molar-refractivity contribution in [1.82, 2.24) is 5.48 Å². The molecule has 0 aromatic heterocycles. The molecule has 2 aliphatic heterocycles. The highest BCUT2D eigenvalue weighted by Gasteiger charge is 2.39. The first-order valence-corrected chi connectivity index (χ1v) is 9.82. The molecular weight excluding hydrogens is 330 g/mol. The molecule has 1 saturated carbocycles. The monoisotopic (exact) mass is 359 g/mol. The molecule has 142 valence electrons. The maximum absolute atomic E-state index is 6.23. The number of hydrogen-bond donors (Lipinski definition) is 1. The van der Waals surface area contributed by atoms with Crippen LogP contribution in [0.2, 0.25) is 0 Å². The molecule has 0 amide bonds. The Labute approximate surface area is 155 Å². The van der Waals surface area contributed by atoms with Crippen molar-refractivity contribution >= 4 is 5.70 Å². The van der Waals surface area contributed by atoms with Gasteiger partial charge < -0.3 is 14.2 Å². The van der Waals surface area contributed by atoms with Gasteiger partial charge in [-0.25, -0.2) is 0 Å². The Morgan fingerprint density at radius 3 is 2.81 bits per heavy atom. The van der Waals surface area contributed by atoms with Gasteiger partial charge in [0, 0.05) is 18.6 Å². The first-order valence-electron chi connectivity index (χ1n) is 9.82. The summed E-state index contributed by atoms with van der Waals surface area (Å²) in [5.41, 5.74) is 4.77. The van der Waals surface area contributed by atoms with Crippen LogP contribution in [0.1, 0.15) is 51.5 Å². The van der Waals surface area contributed by atoms with Crippen molar-refractivity contribution in [2.24, 2.45) is 5.92 Å². The van der Waals surface area contributed by atoms with Crippen LogP contribution in [-0.2, 0) is 9.57 Å². The van der Waals surface area contributed by atoms with Crippen LogP contribution < -0.4 is 15.0 Å². The molecule has 5 heteroatoms. The van der Waals surface area contributed by atoms with Crippen molar-refractivity contribution in [3.05, 3.63) is 29.8 Å². The van der Waals surface area contributed by atoms with E-state index in [2.05, 4.69) is 37.5 Å². The number of hydrogen-bond acceptors (Lipinski definition) is 5. The fourth-order valence-corrected chi connectivity index (χ4v) is 3.71. The molecule has 2 fully saturated rings. The third-order valence-corrected chi connectivity index (χ3v) is 5.21. The molecule has 2 heterocycles. The average molecular weight is 359 g/mol. The number of nitrogens with one attached hydrogen (secondary N) is 1. The second kappa shape index (κ2) is 7.49. The molecule has 1 atom stereocenters. The Morgan fingerprint density at radius 2 is 2.08 bits per heavy atom. The lowest BCUT2D eigenvalue weighted by molar-refractivity contribution is -0.0373. The Morgan fingerprint density at radius 1 is 1.23 bits per heavy atom. The van der Waals surface area contributed by atoms with Crippen LogP contribution in [0.5, 0.6) is 11.5 Å². The molecule has 1 saturated heterocycles. The van der Waals surface area contributed by atoms with Crippen LogP contribution in [0.25, 0.3) is 5.70 Å². The minimum atomic E-state index is -0.326. The van der Waals surface area contributed by atoms with Gasteiger partial charge in [0.15, 0.2) is 11.5 Å². The molecule has 1 aromatic rings. The molecule has 1 N–H and O–H groups in total. The van der Waals surface area contributed by atoms with Gasteiger partial charge >= 0.3 is 0 Å². The summed E-state index contributed by atoms with van der Waals surface area (Å²) >= 11 is 0. The minimum Gasteiger partial charge on any atom is -0.489 e. The molecule has 26 heavy (non-hydrogen) atoms. The quantitative estimate of drug-likeness (QED) is 0.829. The van der Waals surface area contributed by atoms with E-state index in [1.54, 1.807) is 0 Å². The second-order valence-electron chi connectivity index (χ2n) is 8.02. The highest BCUT2D eigenvalue weighted by Crippen LogP contribution is 2.37. The zero-order chi connectivity index (χ0) is 18.0. The molecule has 5 nitrogen and oxygen atoms in total. The van der Waals surface area contributed by atoms with Crippen LogP contribution in [0.3, 0.4) is 0 Å². The van der Waals surface area contributed by atoms with Crippen molar-refractivity contribution in [2.75, 3.05) is 19.8 Å². The van der Waals surface area contributed by atoms with Crippen LogP contribution in [-0.4, -0.2) is 31.5 Å². The Balaban J connectivity index is 1.56. The van der Waals surface area contributed by atoms with E-state index in [1.165, 1.54) is 12.8 Å². The van der Waals surface area contributed by atoms with Gasteiger partial charge in [0.25, 0.3) is 0 Å². The highest BCUT2D eigenvalue weighted by atomic mass is 16.7. The smallest absolute Gasteiger partial charge is 0.161 e. The average Bonchev–Trinajstić information content (AvgIpc) is 3.38. The molecule has 0 radical (unpaired) electrons. The zero-order valence-corrected chi connectivity index (χ0v) is 15.8. The van der Waals surface area contributed by atoms with Gasteiger partial charge in [-0.3, -0.25) is 10.3 Å². The predicted molar refractivity (Wildman–Crippen MR) is 100 cm³/mol. The van der Waals surface area contributed by atoms with Crippen LogP contribution in [0.15, 0.2) is 24.3 Å². The van der Waals surface area contributed by atoms with E-state index in [1.807, 2.05) is 6.07 Å². The topological polar surface area (TPSA) is 49.0 Å². The molecular formula is C21H29NO4. The summed E-state index contributed by atoms with van der Waals surface area (Å²) in [6.45, 7) is 6.32. The van der Waals surface area contributed by atoms with Crippen LogP contribution in [0, 0.1) is 5.92 Å². The van der Waals surface area contributed by atoms with Gasteiger partial charge in [0.05, 0.1) is 25.0 Å². The number of rotatable bonds is 6. The van der Waals surface area contributed by atoms with Crippen molar-refractivity contribution in [3.8, 4) is 11.5 Å². The lowest BCUT2D eigenvalue weighted by Gasteiger charge is -2.19. The third kappa shape index (κ3) is 3.84. The van der Waals surface area contributed by atoms with Gasteiger partial charge in [-0.05, 0) is 55.9 Å². The molecule has 3 aliphatic rings. The molecule has 1 aromatic carbocycles. The fourth-order valence-electron chi connectivity index (χ4n) is 3.71. The number of hydroxylamine groups is 1. The Kier molecular flexibility index (Phi) is 5.09. The fraction of sp³-hybridized carbons (Fsp3) is 0.619. The van der Waals surface area contributed by atoms with Crippen LogP contribution in [0.4, 0.5) is 0 Å². The summed E-state index contributed by atoms with van der Waals surface area (Å²) in [7, 11) is 0. The maximum Gasteiger partial charge on any atom is 0.161 e. The third-order valence-electron chi connectivity index (χ3n) is 5.21. The maximum atomic E-state index is 6.23. The second-order valence-corrected chi connectivity index (χ2v) is 8.02. The Bertz CT molecular complexity index is 658. The van der Waals surface area contributed by atoms with E-state index in [9.17, 15) is 0 Å². The lowest BCUT2D eigenvalue weighted by atomic mass is 10.0. The molecule has 1 spiro atoms. The summed E-state index contributed by atoms with van der Waals surface area (Å²) in [6.07, 6.45) is 8.10.